The molecule has 1 N–H and O–H groups in total. The summed E-state index contributed by atoms with van der Waals surface area (Å²) in [5.74, 6) is 0.208. The molecule has 10 nitrogen and oxygen atoms in total. The Kier molecular flexibility index (Phi) is 10.6. The first-order valence-electron chi connectivity index (χ1n) is 13.3. The van der Waals surface area contributed by atoms with Gasteiger partial charge in [-0.3, -0.25) is 9.00 Å². The molecule has 0 spiro atoms. The molecular formula is C30H37N4O6S-. The van der Waals surface area contributed by atoms with Crippen LogP contribution in [0.4, 0.5) is 16.4 Å². The number of carbonyl (C=O) groups excluding carboxylic acids is 2. The number of nitrogens with one attached hydrogen (secondary N) is 1. The maximum Gasteiger partial charge on any atom is 0.407 e. The van der Waals surface area contributed by atoms with E-state index in [1.54, 1.807) is 45.0 Å². The topological polar surface area (TPSA) is 134 Å². The number of alkyl carbamates (subject to hydrolysis) is 1. The molecule has 0 aliphatic rings. The molecule has 41 heavy (non-hydrogen) atoms. The first kappa shape index (κ1) is 31.7. The zero-order chi connectivity index (χ0) is 30.3. The van der Waals surface area contributed by atoms with Gasteiger partial charge in [0, 0.05) is 17.2 Å². The van der Waals surface area contributed by atoms with Gasteiger partial charge in [0.25, 0.3) is 0 Å². The summed E-state index contributed by atoms with van der Waals surface area (Å²) in [5, 5.41) is 2.86. The lowest BCUT2D eigenvalue weighted by molar-refractivity contribution is 0.0479. The van der Waals surface area contributed by atoms with E-state index in [0.717, 1.165) is 21.0 Å². The molecule has 3 rings (SSSR count). The molecule has 1 unspecified atom stereocenters. The van der Waals surface area contributed by atoms with E-state index in [0.29, 0.717) is 24.0 Å². The van der Waals surface area contributed by atoms with Crippen molar-refractivity contribution in [1.29, 1.82) is 0 Å². The quantitative estimate of drug-likeness (QED) is 0.221. The molecule has 0 saturated heterocycles. The highest BCUT2D eigenvalue weighted by atomic mass is 32.2. The minimum absolute atomic E-state index is 0.0567. The fraction of sp³-hybridized carbons (Fsp3) is 0.400. The second kappa shape index (κ2) is 13.7. The van der Waals surface area contributed by atoms with Crippen LogP contribution in [0.1, 0.15) is 62.5 Å². The molecule has 3 aromatic rings. The van der Waals surface area contributed by atoms with Crippen LogP contribution in [0.5, 0.6) is 5.88 Å². The summed E-state index contributed by atoms with van der Waals surface area (Å²) in [7, 11) is 0. The summed E-state index contributed by atoms with van der Waals surface area (Å²) in [5.41, 5.74) is 2.97. The second-order valence-corrected chi connectivity index (χ2v) is 12.0. The van der Waals surface area contributed by atoms with Gasteiger partial charge in [-0.15, -0.1) is 0 Å². The van der Waals surface area contributed by atoms with Crippen molar-refractivity contribution in [2.24, 2.45) is 5.92 Å². The predicted molar refractivity (Wildman–Crippen MR) is 158 cm³/mol. The third-order valence-electron chi connectivity index (χ3n) is 5.91. The molecule has 1 amide bonds. The summed E-state index contributed by atoms with van der Waals surface area (Å²) >= 11 is -2.82. The fourth-order valence-electron chi connectivity index (χ4n) is 4.31. The van der Waals surface area contributed by atoms with Crippen LogP contribution < -0.4 is 14.4 Å². The minimum atomic E-state index is -2.82. The van der Waals surface area contributed by atoms with Gasteiger partial charge in [-0.25, -0.2) is 14.1 Å². The Morgan fingerprint density at radius 1 is 1.10 bits per heavy atom. The van der Waals surface area contributed by atoms with E-state index in [2.05, 4.69) is 15.3 Å². The van der Waals surface area contributed by atoms with Gasteiger partial charge in [-0.05, 0) is 70.2 Å². The third-order valence-corrected chi connectivity index (χ3v) is 6.58. The highest BCUT2D eigenvalue weighted by Gasteiger charge is 2.23. The largest absolute Gasteiger partial charge is 0.755 e. The Labute approximate surface area is 243 Å². The van der Waals surface area contributed by atoms with Crippen molar-refractivity contribution in [2.75, 3.05) is 10.9 Å². The van der Waals surface area contributed by atoms with Gasteiger partial charge in [-0.1, -0.05) is 44.2 Å². The average molecular weight is 582 g/mol. The van der Waals surface area contributed by atoms with Gasteiger partial charge in [0.15, 0.2) is 0 Å². The molecule has 11 heteroatoms. The molecule has 0 saturated carbocycles. The molecule has 0 radical (unpaired) electrons. The molecule has 1 aromatic heterocycles. The zero-order valence-corrected chi connectivity index (χ0v) is 25.3. The number of amides is 1. The van der Waals surface area contributed by atoms with Gasteiger partial charge in [0.2, 0.25) is 11.8 Å². The number of carbonyl (C=O) groups is 2. The SMILES string of the molecule is Cc1cccc(C)c1-c1cc(OC[C@@H](CC(C)C)NC(=O)OC(C)(C)C)nc(N(c2cccc(C=O)c2)S(=O)[O-])n1. The first-order chi connectivity index (χ1) is 19.3. The van der Waals surface area contributed by atoms with E-state index in [9.17, 15) is 18.4 Å². The molecule has 0 fully saturated rings. The summed E-state index contributed by atoms with van der Waals surface area (Å²) in [6.07, 6.45) is 0.676. The average Bonchev–Trinajstić information content (AvgIpc) is 2.86. The van der Waals surface area contributed by atoms with Crippen molar-refractivity contribution in [3.63, 3.8) is 0 Å². The summed E-state index contributed by atoms with van der Waals surface area (Å²) < 4.78 is 37.4. The number of ether oxygens (including phenoxy) is 2. The van der Waals surface area contributed by atoms with E-state index in [4.69, 9.17) is 9.47 Å². The van der Waals surface area contributed by atoms with Gasteiger partial charge < -0.3 is 19.3 Å². The molecule has 0 bridgehead atoms. The Balaban J connectivity index is 2.06. The van der Waals surface area contributed by atoms with E-state index in [1.807, 2.05) is 45.9 Å². The number of benzene rings is 2. The Hall–Kier alpha value is -3.83. The van der Waals surface area contributed by atoms with E-state index < -0.39 is 29.0 Å². The van der Waals surface area contributed by atoms with E-state index >= 15 is 0 Å². The molecular weight excluding hydrogens is 544 g/mol. The molecule has 0 aliphatic carbocycles. The van der Waals surface area contributed by atoms with Crippen molar-refractivity contribution in [1.82, 2.24) is 15.3 Å². The number of aryl methyl sites for hydroxylation is 2. The van der Waals surface area contributed by atoms with Gasteiger partial charge in [-0.2, -0.15) is 4.98 Å². The number of rotatable bonds is 11. The monoisotopic (exact) mass is 581 g/mol. The lowest BCUT2D eigenvalue weighted by atomic mass is 10.00. The molecule has 2 atom stereocenters. The highest BCUT2D eigenvalue weighted by Crippen LogP contribution is 2.32. The number of hydrogen-bond donors (Lipinski definition) is 1. The van der Waals surface area contributed by atoms with Gasteiger partial charge >= 0.3 is 6.09 Å². The van der Waals surface area contributed by atoms with Gasteiger partial charge in [0.1, 0.15) is 18.5 Å². The third kappa shape index (κ3) is 9.09. The summed E-state index contributed by atoms with van der Waals surface area (Å²) in [6.45, 7) is 13.3. The predicted octanol–water partition coefficient (Wildman–Crippen LogP) is 5.82. The van der Waals surface area contributed by atoms with Crippen LogP contribution in [-0.2, 0) is 16.0 Å². The zero-order valence-electron chi connectivity index (χ0n) is 24.5. The minimum Gasteiger partial charge on any atom is -0.755 e. The number of aromatic nitrogens is 2. The Bertz CT molecular complexity index is 1390. The van der Waals surface area contributed by atoms with Crippen molar-refractivity contribution in [3.8, 4) is 17.1 Å². The number of aldehydes is 1. The second-order valence-electron chi connectivity index (χ2n) is 11.2. The van der Waals surface area contributed by atoms with E-state index in [-0.39, 0.29) is 30.0 Å². The standard InChI is InChI=1S/C30H38N4O6S/c1-19(2)14-23(31-29(36)40-30(5,6)7)18-39-26-16-25(27-20(3)10-8-11-21(27)4)32-28(33-26)34(41(37)38)24-13-9-12-22(15-24)17-35/h8-13,15-17,19,23H,14,18H2,1-7H3,(H,31,36)(H,37,38)/p-1/t23-/m1/s1. The van der Waals surface area contributed by atoms with Gasteiger partial charge in [0.05, 0.1) is 28.7 Å². The normalized spacial score (nSPS) is 12.9. The first-order valence-corrected chi connectivity index (χ1v) is 14.3. The van der Waals surface area contributed by atoms with Crippen LogP contribution in [0.2, 0.25) is 0 Å². The maximum atomic E-state index is 12.5. The van der Waals surface area contributed by atoms with Crippen LogP contribution >= 0.6 is 0 Å². The van der Waals surface area contributed by atoms with Crippen molar-refractivity contribution < 1.29 is 27.8 Å². The van der Waals surface area contributed by atoms with Crippen molar-refractivity contribution in [2.45, 2.75) is 66.5 Å². The smallest absolute Gasteiger partial charge is 0.407 e. The number of hydrogen-bond acceptors (Lipinski definition) is 8. The van der Waals surface area contributed by atoms with Crippen LogP contribution in [-0.4, -0.2) is 49.4 Å². The summed E-state index contributed by atoms with van der Waals surface area (Å²) in [6, 6.07) is 13.2. The highest BCUT2D eigenvalue weighted by molar-refractivity contribution is 7.81. The van der Waals surface area contributed by atoms with Crippen LogP contribution in [0.25, 0.3) is 11.3 Å². The van der Waals surface area contributed by atoms with Crippen molar-refractivity contribution >= 4 is 35.3 Å². The molecule has 1 heterocycles. The maximum absolute atomic E-state index is 12.5. The number of anilines is 2. The van der Waals surface area contributed by atoms with Crippen LogP contribution in [0.3, 0.4) is 0 Å². The Morgan fingerprint density at radius 3 is 2.34 bits per heavy atom. The van der Waals surface area contributed by atoms with E-state index in [1.165, 1.54) is 6.07 Å². The summed E-state index contributed by atoms with van der Waals surface area (Å²) in [4.78, 5) is 32.9. The molecule has 220 valence electrons. The van der Waals surface area contributed by atoms with Crippen molar-refractivity contribution in [3.05, 3.63) is 65.2 Å². The molecule has 0 aliphatic heterocycles. The lowest BCUT2D eigenvalue weighted by Gasteiger charge is -2.26. The van der Waals surface area contributed by atoms with Crippen LogP contribution in [0.15, 0.2) is 48.5 Å². The lowest BCUT2D eigenvalue weighted by Crippen LogP contribution is -2.42. The number of nitrogens with zero attached hydrogens (tertiary/aromatic N) is 3. The molecule has 2 aromatic carbocycles. The fourth-order valence-corrected chi connectivity index (χ4v) is 4.82. The Morgan fingerprint density at radius 2 is 1.76 bits per heavy atom. The van der Waals surface area contributed by atoms with Crippen LogP contribution in [0, 0.1) is 19.8 Å².